The molecule has 0 aliphatic carbocycles. The van der Waals surface area contributed by atoms with Crippen molar-refractivity contribution >= 4 is 11.6 Å². The van der Waals surface area contributed by atoms with Gasteiger partial charge in [-0.1, -0.05) is 72.3 Å². The molecule has 0 amide bonds. The molecule has 1 aromatic heterocycles. The monoisotopic (exact) mass is 330 g/mol. The first kappa shape index (κ1) is 14.7. The number of rotatable bonds is 3. The number of para-hydroxylation sites is 1. The fraction of sp³-hybridized carbons (Fsp3) is 0. The SMILES string of the molecule is Clc1cccc(-c2cc(-c3ccccc3)n(-c3ccccc3)n2)c1. The van der Waals surface area contributed by atoms with Crippen LogP contribution in [0.25, 0.3) is 28.2 Å². The zero-order valence-electron chi connectivity index (χ0n) is 12.9. The van der Waals surface area contributed by atoms with Gasteiger partial charge in [0.2, 0.25) is 0 Å². The van der Waals surface area contributed by atoms with Gasteiger partial charge in [-0.25, -0.2) is 4.68 Å². The minimum atomic E-state index is 0.711. The molecule has 0 aliphatic heterocycles. The molecule has 0 aliphatic rings. The Labute approximate surface area is 146 Å². The Morgan fingerprint density at radius 3 is 2.04 bits per heavy atom. The number of halogens is 1. The van der Waals surface area contributed by atoms with E-state index in [1.165, 1.54) is 0 Å². The highest BCUT2D eigenvalue weighted by Gasteiger charge is 2.13. The van der Waals surface area contributed by atoms with Gasteiger partial charge in [-0.3, -0.25) is 0 Å². The highest BCUT2D eigenvalue weighted by molar-refractivity contribution is 6.30. The second-order valence-corrected chi connectivity index (χ2v) is 5.97. The molecule has 4 rings (SSSR count). The van der Waals surface area contributed by atoms with E-state index in [0.717, 1.165) is 28.2 Å². The lowest BCUT2D eigenvalue weighted by atomic mass is 10.1. The Hall–Kier alpha value is -2.84. The molecule has 0 unspecified atom stereocenters. The molecule has 0 fully saturated rings. The highest BCUT2D eigenvalue weighted by Crippen LogP contribution is 2.29. The summed E-state index contributed by atoms with van der Waals surface area (Å²) in [4.78, 5) is 0. The molecule has 4 aromatic rings. The predicted octanol–water partition coefficient (Wildman–Crippen LogP) is 5.86. The first-order valence-corrected chi connectivity index (χ1v) is 8.16. The average molecular weight is 331 g/mol. The molecule has 1 heterocycles. The first-order valence-electron chi connectivity index (χ1n) is 7.78. The van der Waals surface area contributed by atoms with E-state index < -0.39 is 0 Å². The van der Waals surface area contributed by atoms with E-state index in [0.29, 0.717) is 5.02 Å². The van der Waals surface area contributed by atoms with Gasteiger partial charge in [0.15, 0.2) is 0 Å². The molecule has 24 heavy (non-hydrogen) atoms. The fourth-order valence-corrected chi connectivity index (χ4v) is 2.94. The van der Waals surface area contributed by atoms with E-state index in [1.54, 1.807) is 0 Å². The summed E-state index contributed by atoms with van der Waals surface area (Å²) in [7, 11) is 0. The van der Waals surface area contributed by atoms with Crippen LogP contribution in [-0.2, 0) is 0 Å². The minimum absolute atomic E-state index is 0.711. The van der Waals surface area contributed by atoms with Gasteiger partial charge in [-0.05, 0) is 30.3 Å². The first-order chi connectivity index (χ1) is 11.8. The Morgan fingerprint density at radius 1 is 0.667 bits per heavy atom. The average Bonchev–Trinajstić information content (AvgIpc) is 3.09. The van der Waals surface area contributed by atoms with E-state index in [9.17, 15) is 0 Å². The van der Waals surface area contributed by atoms with Gasteiger partial charge in [-0.2, -0.15) is 5.10 Å². The molecular formula is C21H15ClN2. The third kappa shape index (κ3) is 2.84. The second kappa shape index (κ2) is 6.34. The maximum Gasteiger partial charge on any atom is 0.0934 e. The molecule has 3 aromatic carbocycles. The van der Waals surface area contributed by atoms with Crippen LogP contribution in [0.3, 0.4) is 0 Å². The molecule has 0 atom stereocenters. The van der Waals surface area contributed by atoms with Crippen molar-refractivity contribution in [1.29, 1.82) is 0 Å². The summed E-state index contributed by atoms with van der Waals surface area (Å²) in [6, 6.07) is 30.3. The molecule has 0 radical (unpaired) electrons. The molecular weight excluding hydrogens is 316 g/mol. The van der Waals surface area contributed by atoms with E-state index in [2.05, 4.69) is 30.3 Å². The van der Waals surface area contributed by atoms with Gasteiger partial charge in [-0.15, -0.1) is 0 Å². The van der Waals surface area contributed by atoms with E-state index in [1.807, 2.05) is 65.3 Å². The maximum atomic E-state index is 6.14. The van der Waals surface area contributed by atoms with Crippen molar-refractivity contribution in [2.45, 2.75) is 0 Å². The summed E-state index contributed by atoms with van der Waals surface area (Å²) in [5.74, 6) is 0. The highest BCUT2D eigenvalue weighted by atomic mass is 35.5. The van der Waals surface area contributed by atoms with Crippen LogP contribution in [0, 0.1) is 0 Å². The minimum Gasteiger partial charge on any atom is -0.232 e. The Balaban J connectivity index is 1.91. The maximum absolute atomic E-state index is 6.14. The smallest absolute Gasteiger partial charge is 0.0934 e. The number of aromatic nitrogens is 2. The normalized spacial score (nSPS) is 10.7. The molecule has 0 N–H and O–H groups in total. The summed E-state index contributed by atoms with van der Waals surface area (Å²) in [5.41, 5.74) is 5.12. The zero-order chi connectivity index (χ0) is 16.4. The van der Waals surface area contributed by atoms with Gasteiger partial charge in [0.05, 0.1) is 17.1 Å². The van der Waals surface area contributed by atoms with E-state index in [-0.39, 0.29) is 0 Å². The summed E-state index contributed by atoms with van der Waals surface area (Å²) < 4.78 is 1.98. The van der Waals surface area contributed by atoms with Crippen molar-refractivity contribution in [3.05, 3.63) is 96.0 Å². The predicted molar refractivity (Wildman–Crippen MR) is 99.4 cm³/mol. The van der Waals surface area contributed by atoms with Crippen LogP contribution >= 0.6 is 11.6 Å². The van der Waals surface area contributed by atoms with Crippen molar-refractivity contribution in [1.82, 2.24) is 9.78 Å². The number of hydrogen-bond acceptors (Lipinski definition) is 1. The van der Waals surface area contributed by atoms with Crippen LogP contribution in [0.2, 0.25) is 5.02 Å². The lowest BCUT2D eigenvalue weighted by Gasteiger charge is -2.07. The third-order valence-electron chi connectivity index (χ3n) is 3.90. The molecule has 0 bridgehead atoms. The van der Waals surface area contributed by atoms with Gasteiger partial charge in [0.25, 0.3) is 0 Å². The lowest BCUT2D eigenvalue weighted by molar-refractivity contribution is 0.892. The van der Waals surface area contributed by atoms with Crippen molar-refractivity contribution in [3.8, 4) is 28.2 Å². The Kier molecular flexibility index (Phi) is 3.89. The largest absolute Gasteiger partial charge is 0.232 e. The van der Waals surface area contributed by atoms with E-state index in [4.69, 9.17) is 16.7 Å². The van der Waals surface area contributed by atoms with Crippen molar-refractivity contribution in [2.24, 2.45) is 0 Å². The van der Waals surface area contributed by atoms with Crippen LogP contribution < -0.4 is 0 Å². The standard InChI is InChI=1S/C21H15ClN2/c22-18-11-7-10-17(14-18)20-15-21(16-8-3-1-4-9-16)24(23-20)19-12-5-2-6-13-19/h1-15H. The number of hydrogen-bond donors (Lipinski definition) is 0. The van der Waals surface area contributed by atoms with Crippen LogP contribution in [0.4, 0.5) is 0 Å². The molecule has 0 saturated carbocycles. The summed E-state index contributed by atoms with van der Waals surface area (Å²) in [6.07, 6.45) is 0. The Bertz CT molecular complexity index is 903. The van der Waals surface area contributed by atoms with Gasteiger partial charge < -0.3 is 0 Å². The fourth-order valence-electron chi connectivity index (χ4n) is 2.75. The second-order valence-electron chi connectivity index (χ2n) is 5.54. The lowest BCUT2D eigenvalue weighted by Crippen LogP contribution is -1.98. The molecule has 2 nitrogen and oxygen atoms in total. The zero-order valence-corrected chi connectivity index (χ0v) is 13.7. The quantitative estimate of drug-likeness (QED) is 0.460. The topological polar surface area (TPSA) is 17.8 Å². The molecule has 0 saturated heterocycles. The van der Waals surface area contributed by atoms with E-state index >= 15 is 0 Å². The van der Waals surface area contributed by atoms with Crippen molar-refractivity contribution in [2.75, 3.05) is 0 Å². The third-order valence-corrected chi connectivity index (χ3v) is 4.14. The van der Waals surface area contributed by atoms with Gasteiger partial charge in [0.1, 0.15) is 0 Å². The number of benzene rings is 3. The van der Waals surface area contributed by atoms with Crippen LogP contribution in [0.15, 0.2) is 91.0 Å². The molecule has 116 valence electrons. The van der Waals surface area contributed by atoms with Crippen LogP contribution in [0.1, 0.15) is 0 Å². The van der Waals surface area contributed by atoms with Gasteiger partial charge >= 0.3 is 0 Å². The van der Waals surface area contributed by atoms with Crippen molar-refractivity contribution < 1.29 is 0 Å². The van der Waals surface area contributed by atoms with Gasteiger partial charge in [0, 0.05) is 16.1 Å². The summed E-state index contributed by atoms with van der Waals surface area (Å²) in [5, 5.41) is 5.54. The Morgan fingerprint density at radius 2 is 1.33 bits per heavy atom. The van der Waals surface area contributed by atoms with Crippen molar-refractivity contribution in [3.63, 3.8) is 0 Å². The van der Waals surface area contributed by atoms with Crippen LogP contribution in [0.5, 0.6) is 0 Å². The molecule has 0 spiro atoms. The molecule has 3 heteroatoms. The summed E-state index contributed by atoms with van der Waals surface area (Å²) in [6.45, 7) is 0. The van der Waals surface area contributed by atoms with Crippen LogP contribution in [-0.4, -0.2) is 9.78 Å². The summed E-state index contributed by atoms with van der Waals surface area (Å²) >= 11 is 6.14. The number of nitrogens with zero attached hydrogens (tertiary/aromatic N) is 2.